The fourth-order valence-corrected chi connectivity index (χ4v) is 2.92. The lowest BCUT2D eigenvalue weighted by Crippen LogP contribution is -2.33. The Hall–Kier alpha value is -3.15. The van der Waals surface area contributed by atoms with Crippen molar-refractivity contribution in [2.24, 2.45) is 4.99 Å². The lowest BCUT2D eigenvalue weighted by Gasteiger charge is -2.07. The maximum Gasteiger partial charge on any atom is 0.417 e. The Labute approximate surface area is 167 Å². The van der Waals surface area contributed by atoms with Crippen molar-refractivity contribution in [1.29, 1.82) is 0 Å². The normalized spacial score (nSPS) is 12.7. The number of carbonyl (C=O) groups excluding carboxylic acids is 1. The molecule has 1 amide bonds. The number of allylic oxidation sites excluding steroid dienone is 3. The van der Waals surface area contributed by atoms with E-state index >= 15 is 0 Å². The third-order valence-electron chi connectivity index (χ3n) is 3.45. The van der Waals surface area contributed by atoms with Crippen LogP contribution in [-0.4, -0.2) is 45.3 Å². The van der Waals surface area contributed by atoms with E-state index in [9.17, 15) is 22.8 Å². The number of carbonyl (C=O) groups is 1. The second kappa shape index (κ2) is 9.37. The summed E-state index contributed by atoms with van der Waals surface area (Å²) in [6.07, 6.45) is -3.08. The minimum atomic E-state index is -4.59. The number of hydrogen-bond donors (Lipinski definition) is 1. The van der Waals surface area contributed by atoms with E-state index in [-0.39, 0.29) is 33.7 Å². The second-order valence-corrected chi connectivity index (χ2v) is 6.65. The monoisotopic (exact) mass is 426 g/mol. The van der Waals surface area contributed by atoms with Gasteiger partial charge in [-0.25, -0.2) is 4.68 Å². The van der Waals surface area contributed by atoms with E-state index < -0.39 is 17.3 Å². The topological polar surface area (TPSA) is 102 Å². The first-order chi connectivity index (χ1) is 13.7. The number of halogens is 3. The molecule has 0 radical (unpaired) electrons. The maximum absolute atomic E-state index is 13.0. The van der Waals surface area contributed by atoms with Gasteiger partial charge < -0.3 is 5.32 Å². The van der Waals surface area contributed by atoms with Crippen LogP contribution in [0.25, 0.3) is 16.3 Å². The highest BCUT2D eigenvalue weighted by Crippen LogP contribution is 2.31. The quantitative estimate of drug-likeness (QED) is 0.541. The molecule has 0 aliphatic carbocycles. The van der Waals surface area contributed by atoms with Crippen LogP contribution in [0, 0.1) is 0 Å². The van der Waals surface area contributed by atoms with Crippen LogP contribution in [0.1, 0.15) is 18.9 Å². The molecule has 0 atom stereocenters. The predicted molar refractivity (Wildman–Crippen MR) is 103 cm³/mol. The molecular weight excluding hydrogens is 409 g/mol. The minimum Gasteiger partial charge on any atom is -0.355 e. The number of likely N-dealkylation sites (N-methyl/N-ethyl adjacent to an activating group) is 1. The maximum atomic E-state index is 13.0. The molecule has 1 N–H and O–H groups in total. The number of rotatable bonds is 7. The highest BCUT2D eigenvalue weighted by atomic mass is 32.1. The van der Waals surface area contributed by atoms with E-state index in [1.54, 1.807) is 6.92 Å². The van der Waals surface area contributed by atoms with Crippen LogP contribution in [0.2, 0.25) is 0 Å². The van der Waals surface area contributed by atoms with Crippen molar-refractivity contribution in [2.45, 2.75) is 26.6 Å². The van der Waals surface area contributed by atoms with Crippen LogP contribution in [-0.2, 0) is 11.3 Å². The number of aliphatic imine (C=N–C) groups is 1. The summed E-state index contributed by atoms with van der Waals surface area (Å²) in [5, 5.41) is 15.0. The van der Waals surface area contributed by atoms with Gasteiger partial charge in [0.05, 0.1) is 5.57 Å². The molecule has 0 aromatic carbocycles. The molecule has 0 aliphatic heterocycles. The van der Waals surface area contributed by atoms with E-state index in [1.165, 1.54) is 19.1 Å². The Kier molecular flexibility index (Phi) is 7.15. The summed E-state index contributed by atoms with van der Waals surface area (Å²) in [7, 11) is 0. The van der Waals surface area contributed by atoms with Gasteiger partial charge in [0.25, 0.3) is 5.56 Å². The molecule has 0 unspecified atom stereocenters. The summed E-state index contributed by atoms with van der Waals surface area (Å²) in [5.41, 5.74) is -0.963. The van der Waals surface area contributed by atoms with E-state index in [1.807, 2.05) is 0 Å². The Balaban J connectivity index is 2.33. The smallest absolute Gasteiger partial charge is 0.355 e. The van der Waals surface area contributed by atoms with Crippen molar-refractivity contribution in [3.63, 3.8) is 0 Å². The van der Waals surface area contributed by atoms with Crippen molar-refractivity contribution in [2.75, 3.05) is 6.54 Å². The highest BCUT2D eigenvalue weighted by molar-refractivity contribution is 7.15. The number of nitrogens with one attached hydrogen (secondary N) is 1. The molecule has 0 bridgehead atoms. The largest absolute Gasteiger partial charge is 0.417 e. The van der Waals surface area contributed by atoms with Crippen molar-refractivity contribution in [1.82, 2.24) is 25.3 Å². The number of hydrogen-bond acceptors (Lipinski definition) is 7. The van der Waals surface area contributed by atoms with Crippen LogP contribution in [0.4, 0.5) is 13.2 Å². The van der Waals surface area contributed by atoms with Crippen LogP contribution in [0.3, 0.4) is 0 Å². The van der Waals surface area contributed by atoms with Crippen LogP contribution < -0.4 is 10.9 Å². The van der Waals surface area contributed by atoms with Gasteiger partial charge in [0.15, 0.2) is 5.01 Å². The molecule has 8 nitrogen and oxygen atoms in total. The second-order valence-electron chi connectivity index (χ2n) is 5.67. The Bertz CT molecular complexity index is 1020. The molecule has 0 fully saturated rings. The zero-order valence-electron chi connectivity index (χ0n) is 15.5. The number of aromatic nitrogens is 4. The summed E-state index contributed by atoms with van der Waals surface area (Å²) < 4.78 is 39.9. The molecule has 2 aromatic heterocycles. The first kappa shape index (κ1) is 22.1. The zero-order chi connectivity index (χ0) is 21.6. The van der Waals surface area contributed by atoms with Crippen LogP contribution in [0.5, 0.6) is 0 Å². The Morgan fingerprint density at radius 2 is 2.10 bits per heavy atom. The van der Waals surface area contributed by atoms with E-state index in [2.05, 4.69) is 32.3 Å². The average molecular weight is 426 g/mol. The SMILES string of the molecule is C=N/C=C(\C=C(/C)c1nnc(-c2ccc(=O)n(CC(=O)NCC)n2)s1)C(F)(F)F. The summed E-state index contributed by atoms with van der Waals surface area (Å²) in [5.74, 6) is -0.377. The van der Waals surface area contributed by atoms with E-state index in [0.717, 1.165) is 22.1 Å². The molecule has 0 aliphatic rings. The first-order valence-corrected chi connectivity index (χ1v) is 9.08. The summed E-state index contributed by atoms with van der Waals surface area (Å²) >= 11 is 0.999. The summed E-state index contributed by atoms with van der Waals surface area (Å²) in [6, 6.07) is 2.63. The van der Waals surface area contributed by atoms with Gasteiger partial charge in [-0.3, -0.25) is 14.6 Å². The fraction of sp³-hybridized carbons (Fsp3) is 0.294. The summed E-state index contributed by atoms with van der Waals surface area (Å²) in [4.78, 5) is 26.7. The third kappa shape index (κ3) is 5.91. The average Bonchev–Trinajstić information content (AvgIpc) is 3.13. The van der Waals surface area contributed by atoms with Crippen molar-refractivity contribution < 1.29 is 18.0 Å². The van der Waals surface area contributed by atoms with Gasteiger partial charge in [0.2, 0.25) is 5.91 Å². The molecule has 2 heterocycles. The zero-order valence-corrected chi connectivity index (χ0v) is 16.3. The number of alkyl halides is 3. The van der Waals surface area contributed by atoms with Crippen LogP contribution >= 0.6 is 11.3 Å². The third-order valence-corrected chi connectivity index (χ3v) is 4.53. The van der Waals surface area contributed by atoms with E-state index in [4.69, 9.17) is 0 Å². The van der Waals surface area contributed by atoms with Gasteiger partial charge >= 0.3 is 6.18 Å². The number of amides is 1. The molecule has 0 saturated heterocycles. The van der Waals surface area contributed by atoms with Gasteiger partial charge in [0.1, 0.15) is 17.2 Å². The lowest BCUT2D eigenvalue weighted by atomic mass is 10.2. The van der Waals surface area contributed by atoms with Crippen molar-refractivity contribution in [3.8, 4) is 10.7 Å². The molecule has 12 heteroatoms. The first-order valence-electron chi connectivity index (χ1n) is 8.26. The Morgan fingerprint density at radius 3 is 2.72 bits per heavy atom. The molecule has 29 heavy (non-hydrogen) atoms. The predicted octanol–water partition coefficient (Wildman–Crippen LogP) is 2.45. The van der Waals surface area contributed by atoms with Gasteiger partial charge in [-0.1, -0.05) is 11.3 Å². The number of nitrogens with zero attached hydrogens (tertiary/aromatic N) is 5. The van der Waals surface area contributed by atoms with Gasteiger partial charge in [-0.15, -0.1) is 10.2 Å². The van der Waals surface area contributed by atoms with Gasteiger partial charge in [-0.2, -0.15) is 18.3 Å². The van der Waals surface area contributed by atoms with Gasteiger partial charge in [0, 0.05) is 18.8 Å². The van der Waals surface area contributed by atoms with Crippen LogP contribution in [0.15, 0.2) is 39.8 Å². The Morgan fingerprint density at radius 1 is 1.38 bits per heavy atom. The van der Waals surface area contributed by atoms with Crippen molar-refractivity contribution in [3.05, 3.63) is 45.3 Å². The summed E-state index contributed by atoms with van der Waals surface area (Å²) in [6.45, 7) is 6.38. The standard InChI is InChI=1S/C17H17F3N6O2S/c1-4-22-13(27)9-26-14(28)6-5-12(25-26)16-24-23-15(29-16)10(2)7-11(8-21-3)17(18,19)20/h5-8H,3-4,9H2,1-2H3,(H,22,27)/b10-7+,11-8+. The van der Waals surface area contributed by atoms with Crippen molar-refractivity contribution >= 4 is 29.5 Å². The van der Waals surface area contributed by atoms with Gasteiger partial charge in [-0.05, 0) is 38.3 Å². The fourth-order valence-electron chi connectivity index (χ4n) is 2.14. The molecule has 0 saturated carbocycles. The minimum absolute atomic E-state index is 0.219. The molecule has 2 rings (SSSR count). The molecule has 154 valence electrons. The molecular formula is C17H17F3N6O2S. The molecule has 0 spiro atoms. The molecule has 2 aromatic rings. The highest BCUT2D eigenvalue weighted by Gasteiger charge is 2.32. The lowest BCUT2D eigenvalue weighted by molar-refractivity contribution is -0.121. The van der Waals surface area contributed by atoms with E-state index in [0.29, 0.717) is 12.7 Å².